The van der Waals surface area contributed by atoms with Gasteiger partial charge >= 0.3 is 0 Å². The number of hydrogen-bond acceptors (Lipinski definition) is 3. The van der Waals surface area contributed by atoms with Crippen molar-refractivity contribution in [2.75, 3.05) is 13.6 Å². The minimum atomic E-state index is -0.656. The zero-order chi connectivity index (χ0) is 9.19. The van der Waals surface area contributed by atoms with E-state index in [0.717, 1.165) is 12.8 Å². The number of aliphatic hydroxyl groups excluding tert-OH is 1. The molecule has 0 heterocycles. The fourth-order valence-electron chi connectivity index (χ4n) is 1.66. The Bertz CT molecular complexity index is 143. The number of hydrogen-bond donors (Lipinski definition) is 3. The molecule has 0 saturated heterocycles. The van der Waals surface area contributed by atoms with Crippen LogP contribution in [0.1, 0.15) is 26.2 Å². The van der Waals surface area contributed by atoms with Crippen molar-refractivity contribution < 1.29 is 10.2 Å². The Hall–Kier alpha value is -0.120. The molecule has 0 radical (unpaired) electrons. The monoisotopic (exact) mass is 173 g/mol. The van der Waals surface area contributed by atoms with E-state index in [-0.39, 0.29) is 0 Å². The molecule has 0 aliphatic heterocycles. The fraction of sp³-hybridized carbons (Fsp3) is 1.00. The Balaban J connectivity index is 2.27. The summed E-state index contributed by atoms with van der Waals surface area (Å²) < 4.78 is 0. The second-order valence-electron chi connectivity index (χ2n) is 4.05. The van der Waals surface area contributed by atoms with E-state index in [2.05, 4.69) is 5.32 Å². The van der Waals surface area contributed by atoms with Crippen molar-refractivity contribution in [1.82, 2.24) is 5.32 Å². The second-order valence-corrected chi connectivity index (χ2v) is 4.05. The van der Waals surface area contributed by atoms with Gasteiger partial charge in [0.15, 0.2) is 0 Å². The lowest BCUT2D eigenvalue weighted by atomic mass is 9.93. The van der Waals surface area contributed by atoms with Gasteiger partial charge in [0.25, 0.3) is 0 Å². The molecule has 0 aromatic heterocycles. The maximum Gasteiger partial charge on any atom is 0.0691 e. The van der Waals surface area contributed by atoms with Crippen LogP contribution in [0.4, 0.5) is 0 Å². The van der Waals surface area contributed by atoms with Gasteiger partial charge < -0.3 is 15.5 Å². The topological polar surface area (TPSA) is 52.5 Å². The molecule has 12 heavy (non-hydrogen) atoms. The summed E-state index contributed by atoms with van der Waals surface area (Å²) in [6, 6.07) is 0. The van der Waals surface area contributed by atoms with Crippen molar-refractivity contribution in [3.05, 3.63) is 0 Å². The molecule has 3 heteroatoms. The van der Waals surface area contributed by atoms with Gasteiger partial charge in [-0.1, -0.05) is 0 Å². The molecular weight excluding hydrogens is 154 g/mol. The summed E-state index contributed by atoms with van der Waals surface area (Å²) >= 11 is 0. The van der Waals surface area contributed by atoms with Crippen LogP contribution < -0.4 is 5.32 Å². The molecular formula is C9H19NO2. The molecule has 0 amide bonds. The minimum absolute atomic E-state index is 0.420. The Labute approximate surface area is 73.8 Å². The molecule has 0 unspecified atom stereocenters. The van der Waals surface area contributed by atoms with Gasteiger partial charge in [-0.15, -0.1) is 0 Å². The van der Waals surface area contributed by atoms with Crippen molar-refractivity contribution in [1.29, 1.82) is 0 Å². The van der Waals surface area contributed by atoms with Gasteiger partial charge in [0.1, 0.15) is 0 Å². The standard InChI is InChI=1S/C9H19NO2/c1-9(12,7-3-4-7)5-8(11)6-10-2/h7-8,10-12H,3-6H2,1-2H3/t8-,9-/m0/s1. The van der Waals surface area contributed by atoms with Gasteiger partial charge in [-0.25, -0.2) is 0 Å². The van der Waals surface area contributed by atoms with Gasteiger partial charge in [-0.2, -0.15) is 0 Å². The molecule has 3 nitrogen and oxygen atoms in total. The van der Waals surface area contributed by atoms with Crippen LogP contribution in [0.5, 0.6) is 0 Å². The summed E-state index contributed by atoms with van der Waals surface area (Å²) in [5, 5.41) is 22.2. The van der Waals surface area contributed by atoms with Gasteiger partial charge in [0.2, 0.25) is 0 Å². The van der Waals surface area contributed by atoms with Crippen molar-refractivity contribution in [2.24, 2.45) is 5.92 Å². The zero-order valence-electron chi connectivity index (χ0n) is 7.88. The maximum atomic E-state index is 9.86. The Morgan fingerprint density at radius 1 is 1.58 bits per heavy atom. The first-order valence-electron chi connectivity index (χ1n) is 4.61. The molecule has 0 aromatic carbocycles. The van der Waals surface area contributed by atoms with E-state index in [4.69, 9.17) is 0 Å². The Morgan fingerprint density at radius 2 is 2.17 bits per heavy atom. The van der Waals surface area contributed by atoms with Gasteiger partial charge in [-0.3, -0.25) is 0 Å². The molecule has 2 atom stereocenters. The van der Waals surface area contributed by atoms with Gasteiger partial charge in [0.05, 0.1) is 11.7 Å². The Morgan fingerprint density at radius 3 is 2.58 bits per heavy atom. The van der Waals surface area contributed by atoms with Crippen molar-refractivity contribution in [2.45, 2.75) is 37.9 Å². The molecule has 72 valence electrons. The van der Waals surface area contributed by atoms with Crippen LogP contribution in [0.15, 0.2) is 0 Å². The average Bonchev–Trinajstić information content (AvgIpc) is 2.65. The summed E-state index contributed by atoms with van der Waals surface area (Å²) in [7, 11) is 1.80. The molecule has 1 aliphatic rings. The van der Waals surface area contributed by atoms with E-state index < -0.39 is 11.7 Å². The van der Waals surface area contributed by atoms with Crippen LogP contribution in [0.3, 0.4) is 0 Å². The molecule has 1 saturated carbocycles. The summed E-state index contributed by atoms with van der Waals surface area (Å²) in [5.74, 6) is 0.420. The zero-order valence-corrected chi connectivity index (χ0v) is 7.88. The van der Waals surface area contributed by atoms with E-state index >= 15 is 0 Å². The van der Waals surface area contributed by atoms with Crippen LogP contribution in [0.25, 0.3) is 0 Å². The van der Waals surface area contributed by atoms with Gasteiger partial charge in [0, 0.05) is 13.0 Å². The van der Waals surface area contributed by atoms with Gasteiger partial charge in [-0.05, 0) is 32.7 Å². The highest BCUT2D eigenvalue weighted by Crippen LogP contribution is 2.41. The first-order valence-corrected chi connectivity index (χ1v) is 4.61. The number of likely N-dealkylation sites (N-methyl/N-ethyl adjacent to an activating group) is 1. The summed E-state index contributed by atoms with van der Waals surface area (Å²) in [6.45, 7) is 2.38. The summed E-state index contributed by atoms with van der Waals surface area (Å²) in [5.41, 5.74) is -0.656. The average molecular weight is 173 g/mol. The largest absolute Gasteiger partial charge is 0.392 e. The SMILES string of the molecule is CNC[C@@H](O)C[C@](C)(O)C1CC1. The van der Waals surface area contributed by atoms with Crippen LogP contribution in [0, 0.1) is 5.92 Å². The maximum absolute atomic E-state index is 9.86. The second kappa shape index (κ2) is 3.73. The van der Waals surface area contributed by atoms with E-state index in [1.165, 1.54) is 0 Å². The highest BCUT2D eigenvalue weighted by Gasteiger charge is 2.40. The third-order valence-electron chi connectivity index (χ3n) is 2.55. The summed E-state index contributed by atoms with van der Waals surface area (Å²) in [6.07, 6.45) is 2.28. The van der Waals surface area contributed by atoms with E-state index in [0.29, 0.717) is 18.9 Å². The van der Waals surface area contributed by atoms with Crippen LogP contribution >= 0.6 is 0 Å². The third-order valence-corrected chi connectivity index (χ3v) is 2.55. The normalized spacial score (nSPS) is 25.0. The lowest BCUT2D eigenvalue weighted by Gasteiger charge is -2.25. The molecule has 1 fully saturated rings. The van der Waals surface area contributed by atoms with Crippen LogP contribution in [-0.2, 0) is 0 Å². The number of rotatable bonds is 5. The van der Waals surface area contributed by atoms with Crippen molar-refractivity contribution in [3.8, 4) is 0 Å². The molecule has 1 rings (SSSR count). The van der Waals surface area contributed by atoms with E-state index in [1.807, 2.05) is 6.92 Å². The highest BCUT2D eigenvalue weighted by atomic mass is 16.3. The first-order chi connectivity index (χ1) is 5.56. The van der Waals surface area contributed by atoms with Crippen molar-refractivity contribution in [3.63, 3.8) is 0 Å². The first kappa shape index (κ1) is 9.96. The lowest BCUT2D eigenvalue weighted by Crippen LogP contribution is -2.36. The predicted molar refractivity (Wildman–Crippen MR) is 47.9 cm³/mol. The van der Waals surface area contributed by atoms with Crippen molar-refractivity contribution >= 4 is 0 Å². The number of aliphatic hydroxyl groups is 2. The molecule has 0 aromatic rings. The van der Waals surface area contributed by atoms with E-state index in [1.54, 1.807) is 7.05 Å². The van der Waals surface area contributed by atoms with Crippen LogP contribution in [0.2, 0.25) is 0 Å². The smallest absolute Gasteiger partial charge is 0.0691 e. The molecule has 3 N–H and O–H groups in total. The number of nitrogens with one attached hydrogen (secondary N) is 1. The lowest BCUT2D eigenvalue weighted by molar-refractivity contribution is -0.0125. The molecule has 0 spiro atoms. The third kappa shape index (κ3) is 2.73. The highest BCUT2D eigenvalue weighted by molar-refractivity contribution is 4.92. The molecule has 0 bridgehead atoms. The van der Waals surface area contributed by atoms with E-state index in [9.17, 15) is 10.2 Å². The minimum Gasteiger partial charge on any atom is -0.392 e. The van der Waals surface area contributed by atoms with Crippen LogP contribution in [-0.4, -0.2) is 35.5 Å². The predicted octanol–water partition coefficient (Wildman–Crippen LogP) is 0.118. The quantitative estimate of drug-likeness (QED) is 0.553. The molecule has 1 aliphatic carbocycles. The fourth-order valence-corrected chi connectivity index (χ4v) is 1.66. The Kier molecular flexibility index (Phi) is 3.09. The summed E-state index contributed by atoms with van der Waals surface area (Å²) in [4.78, 5) is 0.